The molecule has 8 heteroatoms. The standard InChI is InChI=1S/C32H36N2O6/c1-38-28-7-2-3-8-29(28)40-27-6-4-5-24(21-27)22-33-17-13-32(14-18-33)15-19-34(20-16-32)31(37)25-9-11-26(12-10-25)39-23-30(35)36/h2-12,21H,13-20,22-23H2,1H3,(H,35,36). The van der Waals surface area contributed by atoms with E-state index in [0.29, 0.717) is 28.2 Å². The molecule has 2 aliphatic rings. The summed E-state index contributed by atoms with van der Waals surface area (Å²) in [5, 5.41) is 8.75. The zero-order valence-corrected chi connectivity index (χ0v) is 22.9. The van der Waals surface area contributed by atoms with E-state index in [4.69, 9.17) is 19.3 Å². The van der Waals surface area contributed by atoms with E-state index in [1.165, 1.54) is 5.56 Å². The lowest BCUT2D eigenvalue weighted by Gasteiger charge is -2.47. The Bertz CT molecular complexity index is 1310. The number of carbonyl (C=O) groups excluding carboxylic acids is 1. The summed E-state index contributed by atoms with van der Waals surface area (Å²) in [6.45, 7) is 4.10. The van der Waals surface area contributed by atoms with E-state index in [9.17, 15) is 9.59 Å². The number of aliphatic carboxylic acids is 1. The van der Waals surface area contributed by atoms with Crippen LogP contribution < -0.4 is 14.2 Å². The van der Waals surface area contributed by atoms with Crippen molar-refractivity contribution in [1.29, 1.82) is 0 Å². The molecule has 1 amide bonds. The summed E-state index contributed by atoms with van der Waals surface area (Å²) in [6, 6.07) is 22.6. The highest BCUT2D eigenvalue weighted by Crippen LogP contribution is 2.42. The van der Waals surface area contributed by atoms with E-state index in [2.05, 4.69) is 17.0 Å². The summed E-state index contributed by atoms with van der Waals surface area (Å²) in [5.74, 6) is 1.65. The average molecular weight is 545 g/mol. The van der Waals surface area contributed by atoms with E-state index in [1.807, 2.05) is 41.3 Å². The molecule has 8 nitrogen and oxygen atoms in total. The van der Waals surface area contributed by atoms with Gasteiger partial charge in [-0.25, -0.2) is 4.79 Å². The van der Waals surface area contributed by atoms with Crippen LogP contribution in [0.3, 0.4) is 0 Å². The molecule has 3 aromatic rings. The van der Waals surface area contributed by atoms with Gasteiger partial charge in [0, 0.05) is 25.2 Å². The molecule has 0 unspecified atom stereocenters. The van der Waals surface area contributed by atoms with Crippen LogP contribution in [0.2, 0.25) is 0 Å². The Morgan fingerprint density at radius 3 is 2.17 bits per heavy atom. The highest BCUT2D eigenvalue weighted by Gasteiger charge is 2.38. The minimum absolute atomic E-state index is 0.0206. The van der Waals surface area contributed by atoms with Crippen molar-refractivity contribution in [2.45, 2.75) is 32.2 Å². The second-order valence-corrected chi connectivity index (χ2v) is 10.7. The number of hydrogen-bond acceptors (Lipinski definition) is 6. The van der Waals surface area contributed by atoms with Gasteiger partial charge in [-0.3, -0.25) is 9.69 Å². The van der Waals surface area contributed by atoms with E-state index in [0.717, 1.165) is 64.2 Å². The molecule has 3 aromatic carbocycles. The fourth-order valence-electron chi connectivity index (χ4n) is 5.69. The number of methoxy groups -OCH3 is 1. The van der Waals surface area contributed by atoms with Gasteiger partial charge in [-0.05, 0) is 98.3 Å². The summed E-state index contributed by atoms with van der Waals surface area (Å²) in [6.07, 6.45) is 4.33. The summed E-state index contributed by atoms with van der Waals surface area (Å²) < 4.78 is 16.7. The van der Waals surface area contributed by atoms with Crippen LogP contribution in [0, 0.1) is 5.41 Å². The van der Waals surface area contributed by atoms with Crippen LogP contribution in [-0.2, 0) is 11.3 Å². The molecule has 1 N–H and O–H groups in total. The van der Waals surface area contributed by atoms with Crippen LogP contribution in [0.1, 0.15) is 41.6 Å². The van der Waals surface area contributed by atoms with Crippen molar-refractivity contribution in [1.82, 2.24) is 9.80 Å². The highest BCUT2D eigenvalue weighted by molar-refractivity contribution is 5.94. The summed E-state index contributed by atoms with van der Waals surface area (Å²) >= 11 is 0. The summed E-state index contributed by atoms with van der Waals surface area (Å²) in [5.41, 5.74) is 2.13. The van der Waals surface area contributed by atoms with Gasteiger partial charge in [0.1, 0.15) is 11.5 Å². The zero-order chi connectivity index (χ0) is 28.0. The van der Waals surface area contributed by atoms with E-state index in [-0.39, 0.29) is 5.91 Å². The normalized spacial score (nSPS) is 16.9. The molecule has 0 atom stereocenters. The molecule has 2 heterocycles. The van der Waals surface area contributed by atoms with Crippen LogP contribution in [-0.4, -0.2) is 66.7 Å². The van der Waals surface area contributed by atoms with Crippen molar-refractivity contribution in [2.75, 3.05) is 39.9 Å². The summed E-state index contributed by atoms with van der Waals surface area (Å²) in [7, 11) is 1.64. The minimum atomic E-state index is -1.03. The first-order chi connectivity index (χ1) is 19.4. The molecule has 5 rings (SSSR count). The quantitative estimate of drug-likeness (QED) is 0.382. The van der Waals surface area contributed by atoms with Gasteiger partial charge >= 0.3 is 5.97 Å². The van der Waals surface area contributed by atoms with Gasteiger partial charge < -0.3 is 24.2 Å². The SMILES string of the molecule is COc1ccccc1Oc1cccc(CN2CCC3(CC2)CCN(C(=O)c2ccc(OCC(=O)O)cc2)CC3)c1. The number of piperidine rings is 2. The lowest BCUT2D eigenvalue weighted by molar-refractivity contribution is -0.139. The Labute approximate surface area is 235 Å². The largest absolute Gasteiger partial charge is 0.493 e. The number of carboxylic acid groups (broad SMARTS) is 1. The first-order valence-corrected chi connectivity index (χ1v) is 13.8. The molecule has 0 aliphatic carbocycles. The molecular weight excluding hydrogens is 508 g/mol. The van der Waals surface area contributed by atoms with E-state index >= 15 is 0 Å². The molecule has 2 fully saturated rings. The molecule has 40 heavy (non-hydrogen) atoms. The van der Waals surface area contributed by atoms with Gasteiger partial charge in [-0.1, -0.05) is 24.3 Å². The fraction of sp³-hybridized carbons (Fsp3) is 0.375. The molecule has 0 aromatic heterocycles. The number of nitrogens with zero attached hydrogens (tertiary/aromatic N) is 2. The third kappa shape index (κ3) is 6.74. The maximum absolute atomic E-state index is 13.0. The third-order valence-corrected chi connectivity index (χ3v) is 8.09. The lowest BCUT2D eigenvalue weighted by atomic mass is 9.71. The van der Waals surface area contributed by atoms with Crippen LogP contribution in [0.15, 0.2) is 72.8 Å². The Morgan fingerprint density at radius 1 is 0.825 bits per heavy atom. The Morgan fingerprint density at radius 2 is 1.50 bits per heavy atom. The number of carbonyl (C=O) groups is 2. The number of carboxylic acids is 1. The second kappa shape index (κ2) is 12.4. The summed E-state index contributed by atoms with van der Waals surface area (Å²) in [4.78, 5) is 28.2. The van der Waals surface area contributed by atoms with Crippen LogP contribution >= 0.6 is 0 Å². The van der Waals surface area contributed by atoms with Gasteiger partial charge in [0.05, 0.1) is 7.11 Å². The Balaban J connectivity index is 1.10. The van der Waals surface area contributed by atoms with Crippen molar-refractivity contribution in [2.24, 2.45) is 5.41 Å². The monoisotopic (exact) mass is 544 g/mol. The fourth-order valence-corrected chi connectivity index (χ4v) is 5.69. The van der Waals surface area contributed by atoms with Gasteiger partial charge in [-0.2, -0.15) is 0 Å². The molecule has 0 bridgehead atoms. The van der Waals surface area contributed by atoms with Crippen molar-refractivity contribution in [3.63, 3.8) is 0 Å². The van der Waals surface area contributed by atoms with Crippen LogP contribution in [0.25, 0.3) is 0 Å². The minimum Gasteiger partial charge on any atom is -0.493 e. The Hall–Kier alpha value is -4.04. The number of ether oxygens (including phenoxy) is 3. The predicted octanol–water partition coefficient (Wildman–Crippen LogP) is 5.47. The van der Waals surface area contributed by atoms with Crippen LogP contribution in [0.4, 0.5) is 0 Å². The maximum atomic E-state index is 13.0. The topological polar surface area (TPSA) is 88.5 Å². The van der Waals surface area contributed by atoms with Crippen molar-refractivity contribution < 1.29 is 28.9 Å². The van der Waals surface area contributed by atoms with Gasteiger partial charge in [0.15, 0.2) is 18.1 Å². The molecule has 0 saturated carbocycles. The number of para-hydroxylation sites is 2. The molecular formula is C32H36N2O6. The molecule has 210 valence electrons. The van der Waals surface area contributed by atoms with E-state index in [1.54, 1.807) is 31.4 Å². The smallest absolute Gasteiger partial charge is 0.341 e. The van der Waals surface area contributed by atoms with Crippen molar-refractivity contribution in [3.8, 4) is 23.0 Å². The molecule has 0 radical (unpaired) electrons. The van der Waals surface area contributed by atoms with Gasteiger partial charge in [-0.15, -0.1) is 0 Å². The number of benzene rings is 3. The van der Waals surface area contributed by atoms with Gasteiger partial charge in [0.2, 0.25) is 0 Å². The first-order valence-electron chi connectivity index (χ1n) is 13.8. The second-order valence-electron chi connectivity index (χ2n) is 10.7. The van der Waals surface area contributed by atoms with Gasteiger partial charge in [0.25, 0.3) is 5.91 Å². The first kappa shape index (κ1) is 27.5. The van der Waals surface area contributed by atoms with Crippen molar-refractivity contribution >= 4 is 11.9 Å². The maximum Gasteiger partial charge on any atom is 0.341 e. The Kier molecular flexibility index (Phi) is 8.55. The molecule has 2 aliphatic heterocycles. The number of hydrogen-bond donors (Lipinski definition) is 1. The lowest BCUT2D eigenvalue weighted by Crippen LogP contribution is -2.48. The highest BCUT2D eigenvalue weighted by atomic mass is 16.5. The van der Waals surface area contributed by atoms with Crippen LogP contribution in [0.5, 0.6) is 23.0 Å². The third-order valence-electron chi connectivity index (χ3n) is 8.09. The van der Waals surface area contributed by atoms with Crippen molar-refractivity contribution in [3.05, 3.63) is 83.9 Å². The predicted molar refractivity (Wildman–Crippen MR) is 151 cm³/mol. The molecule has 1 spiro atoms. The number of rotatable bonds is 9. The number of likely N-dealkylation sites (tertiary alicyclic amines) is 2. The zero-order valence-electron chi connectivity index (χ0n) is 22.9. The molecule has 2 saturated heterocycles. The number of amides is 1. The van der Waals surface area contributed by atoms with E-state index < -0.39 is 12.6 Å². The average Bonchev–Trinajstić information content (AvgIpc) is 2.98.